The van der Waals surface area contributed by atoms with E-state index in [-0.39, 0.29) is 23.3 Å². The Labute approximate surface area is 248 Å². The zero-order chi connectivity index (χ0) is 32.5. The summed E-state index contributed by atoms with van der Waals surface area (Å²) in [4.78, 5) is 13.6. The van der Waals surface area contributed by atoms with E-state index in [0.29, 0.717) is 0 Å². The first-order chi connectivity index (χ1) is 20.8. The highest BCUT2D eigenvalue weighted by molar-refractivity contribution is 5.88. The van der Waals surface area contributed by atoms with Crippen molar-refractivity contribution in [1.29, 1.82) is 0 Å². The number of hydrogen-bond donors (Lipinski definition) is 10. The molecule has 10 N–H and O–H groups in total. The Balaban J connectivity index is 0.00000216. The summed E-state index contributed by atoms with van der Waals surface area (Å²) in [5.74, 6) is -3.20. The summed E-state index contributed by atoms with van der Waals surface area (Å²) in [6.45, 7) is 1.09. The Morgan fingerprint density at radius 1 is 0.818 bits per heavy atom. The van der Waals surface area contributed by atoms with E-state index >= 15 is 0 Å². The maximum Gasteiger partial charge on any atom is 0.239 e. The van der Waals surface area contributed by atoms with Gasteiger partial charge in [-0.3, -0.25) is 4.79 Å². The molecule has 2 aliphatic heterocycles. The lowest BCUT2D eigenvalue weighted by Gasteiger charge is -2.41. The summed E-state index contributed by atoms with van der Waals surface area (Å²) in [7, 11) is 1.00. The fourth-order valence-electron chi connectivity index (χ4n) is 4.78. The van der Waals surface area contributed by atoms with Gasteiger partial charge in [0.2, 0.25) is 17.5 Å². The van der Waals surface area contributed by atoms with E-state index in [1.807, 2.05) is 0 Å². The maximum atomic E-state index is 13.6. The number of phenols is 4. The predicted octanol–water partition coefficient (Wildman–Crippen LogP) is -1.05. The third-order valence-corrected chi connectivity index (χ3v) is 7.17. The Morgan fingerprint density at radius 2 is 1.52 bits per heavy atom. The molecule has 0 amide bonds. The van der Waals surface area contributed by atoms with Gasteiger partial charge < -0.3 is 74.4 Å². The van der Waals surface area contributed by atoms with E-state index in [9.17, 15) is 50.8 Å². The first-order valence-electron chi connectivity index (χ1n) is 13.3. The number of hydrogen-bond acceptors (Lipinski definition) is 16. The van der Waals surface area contributed by atoms with E-state index in [1.165, 1.54) is 6.07 Å². The Morgan fingerprint density at radius 3 is 2.20 bits per heavy atom. The minimum absolute atomic E-state index is 0.00681. The lowest BCUT2D eigenvalue weighted by molar-refractivity contribution is -0.305. The van der Waals surface area contributed by atoms with Crippen molar-refractivity contribution in [2.24, 2.45) is 0 Å². The summed E-state index contributed by atoms with van der Waals surface area (Å²) >= 11 is 0. The van der Waals surface area contributed by atoms with Gasteiger partial charge in [0.15, 0.2) is 23.5 Å². The van der Waals surface area contributed by atoms with Crippen molar-refractivity contribution in [2.45, 2.75) is 68.7 Å². The van der Waals surface area contributed by atoms with Gasteiger partial charge in [-0.2, -0.15) is 0 Å². The highest BCUT2D eigenvalue weighted by atomic mass is 16.7. The topological polar surface area (TPSA) is 269 Å². The second-order valence-corrected chi connectivity index (χ2v) is 10.2. The zero-order valence-electron chi connectivity index (χ0n) is 23.4. The second kappa shape index (κ2) is 13.5. The molecule has 0 bridgehead atoms. The zero-order valence-corrected chi connectivity index (χ0v) is 23.4. The molecule has 44 heavy (non-hydrogen) atoms. The lowest BCUT2D eigenvalue weighted by Crippen LogP contribution is -2.61. The predicted molar refractivity (Wildman–Crippen MR) is 147 cm³/mol. The van der Waals surface area contributed by atoms with Gasteiger partial charge in [0.05, 0.1) is 18.8 Å². The number of aliphatic hydroxyl groups excluding tert-OH is 6. The van der Waals surface area contributed by atoms with Gasteiger partial charge in [0, 0.05) is 31.2 Å². The molecule has 0 saturated carbocycles. The molecular formula is C28H34O16. The van der Waals surface area contributed by atoms with Crippen molar-refractivity contribution < 1.29 is 74.4 Å². The third-order valence-electron chi connectivity index (χ3n) is 7.17. The molecule has 5 rings (SSSR count). The van der Waals surface area contributed by atoms with Crippen LogP contribution in [0.2, 0.25) is 0 Å². The lowest BCUT2D eigenvalue weighted by atomic mass is 9.99. The molecule has 3 heterocycles. The van der Waals surface area contributed by atoms with E-state index in [2.05, 4.69) is 0 Å². The van der Waals surface area contributed by atoms with Crippen molar-refractivity contribution in [1.82, 2.24) is 0 Å². The third kappa shape index (κ3) is 6.53. The molecular weight excluding hydrogens is 592 g/mol. The normalized spacial score (nSPS) is 30.4. The summed E-state index contributed by atoms with van der Waals surface area (Å²) in [5, 5.41) is 98.4. The Bertz CT molecular complexity index is 1510. The average molecular weight is 627 g/mol. The van der Waals surface area contributed by atoms with Crippen molar-refractivity contribution in [2.75, 3.05) is 13.7 Å². The molecule has 2 aliphatic rings. The number of aromatic hydroxyl groups is 4. The van der Waals surface area contributed by atoms with Crippen LogP contribution in [0.1, 0.15) is 13.3 Å². The van der Waals surface area contributed by atoms with Crippen LogP contribution in [0.5, 0.6) is 28.7 Å². The van der Waals surface area contributed by atoms with Crippen LogP contribution < -0.4 is 10.2 Å². The maximum absolute atomic E-state index is 13.6. The molecule has 2 aromatic carbocycles. The molecule has 0 unspecified atom stereocenters. The fourth-order valence-corrected chi connectivity index (χ4v) is 4.78. The average Bonchev–Trinajstić information content (AvgIpc) is 2.98. The number of benzene rings is 2. The number of phenolic OH excluding ortho intramolecular Hbond substituents is 4. The standard InChI is InChI=1S/C27H30O15.CH4O/c1-9-13(30)7-16(33)26(39-9)38-8-18-20(34)22(36)23(37)27(41-18)42-25-21(35)19-15(32)5-11(28)6-17(19)40-24(25)10-2-3-12(29)14(31)4-10;1-2/h2-6,9,13,16,18,20,22-23,26-34,36-37H,7-8H2,1H3;2H,1H3/t9-,13+,16+,18+,20+,22-,23+,26+,27-;/m0./s1. The van der Waals surface area contributed by atoms with Crippen molar-refractivity contribution in [3.05, 3.63) is 40.6 Å². The minimum atomic E-state index is -1.92. The molecule has 3 aromatic rings. The molecule has 2 fully saturated rings. The number of ether oxygens (including phenoxy) is 4. The number of aliphatic hydroxyl groups is 6. The van der Waals surface area contributed by atoms with Crippen LogP contribution in [0.15, 0.2) is 39.5 Å². The van der Waals surface area contributed by atoms with Crippen LogP contribution in [-0.2, 0) is 14.2 Å². The second-order valence-electron chi connectivity index (χ2n) is 10.2. The molecule has 0 radical (unpaired) electrons. The van der Waals surface area contributed by atoms with Gasteiger partial charge in [-0.1, -0.05) is 0 Å². The molecule has 2 saturated heterocycles. The van der Waals surface area contributed by atoms with Crippen LogP contribution >= 0.6 is 0 Å². The number of rotatable bonds is 6. The van der Waals surface area contributed by atoms with Crippen LogP contribution in [0.25, 0.3) is 22.3 Å². The van der Waals surface area contributed by atoms with E-state index < -0.39 is 101 Å². The van der Waals surface area contributed by atoms with Gasteiger partial charge in [-0.25, -0.2) is 0 Å². The SMILES string of the molecule is CO.C[C@@H]1O[C@@H](OC[C@H]2O[C@@H](Oc3c(-c4ccc(O)c(O)c4)oc4cc(O)cc(O)c4c3=O)[C@H](O)[C@@H](O)[C@@H]2O)[C@H](O)C[C@H]1O. The van der Waals surface area contributed by atoms with Gasteiger partial charge in [0.25, 0.3) is 0 Å². The first kappa shape index (κ1) is 33.2. The summed E-state index contributed by atoms with van der Waals surface area (Å²) in [6, 6.07) is 5.33. The van der Waals surface area contributed by atoms with Crippen LogP contribution in [0, 0.1) is 0 Å². The highest BCUT2D eigenvalue weighted by Gasteiger charge is 2.46. The Hall–Kier alpha value is -3.71. The van der Waals surface area contributed by atoms with E-state index in [1.54, 1.807) is 6.92 Å². The quantitative estimate of drug-likeness (QED) is 0.146. The van der Waals surface area contributed by atoms with Crippen molar-refractivity contribution in [3.63, 3.8) is 0 Å². The molecule has 0 aliphatic carbocycles. The first-order valence-corrected chi connectivity index (χ1v) is 13.3. The van der Waals surface area contributed by atoms with Crippen LogP contribution in [0.3, 0.4) is 0 Å². The molecule has 16 nitrogen and oxygen atoms in total. The largest absolute Gasteiger partial charge is 0.508 e. The molecule has 242 valence electrons. The van der Waals surface area contributed by atoms with E-state index in [0.717, 1.165) is 31.4 Å². The monoisotopic (exact) mass is 626 g/mol. The Kier molecular flexibility index (Phi) is 10.2. The smallest absolute Gasteiger partial charge is 0.239 e. The molecule has 9 atom stereocenters. The van der Waals surface area contributed by atoms with Crippen LogP contribution in [0.4, 0.5) is 0 Å². The highest BCUT2D eigenvalue weighted by Crippen LogP contribution is 2.39. The van der Waals surface area contributed by atoms with Gasteiger partial charge >= 0.3 is 0 Å². The molecule has 1 aromatic heterocycles. The molecule has 16 heteroatoms. The number of fused-ring (bicyclic) bond motifs is 1. The summed E-state index contributed by atoms with van der Waals surface area (Å²) < 4.78 is 28.1. The van der Waals surface area contributed by atoms with E-state index in [4.69, 9.17) is 28.5 Å². The van der Waals surface area contributed by atoms with Gasteiger partial charge in [-0.05, 0) is 25.1 Å². The summed E-state index contributed by atoms with van der Waals surface area (Å²) in [6.07, 6.45) is -12.8. The fraction of sp³-hybridized carbons (Fsp3) is 0.464. The van der Waals surface area contributed by atoms with Crippen molar-refractivity contribution in [3.8, 4) is 40.1 Å². The minimum Gasteiger partial charge on any atom is -0.508 e. The molecule has 0 spiro atoms. The van der Waals surface area contributed by atoms with Gasteiger partial charge in [-0.15, -0.1) is 0 Å². The van der Waals surface area contributed by atoms with Crippen molar-refractivity contribution >= 4 is 11.0 Å². The summed E-state index contributed by atoms with van der Waals surface area (Å²) in [5.41, 5.74) is -1.27. The van der Waals surface area contributed by atoms with Gasteiger partial charge in [0.1, 0.15) is 53.0 Å². The van der Waals surface area contributed by atoms with Crippen LogP contribution in [-0.4, -0.2) is 120 Å².